The van der Waals surface area contributed by atoms with E-state index in [4.69, 9.17) is 0 Å². The van der Waals surface area contributed by atoms with Gasteiger partial charge in [0.25, 0.3) is 0 Å². The highest BCUT2D eigenvalue weighted by Crippen LogP contribution is 2.27. The fourth-order valence-corrected chi connectivity index (χ4v) is 2.83. The van der Waals surface area contributed by atoms with Gasteiger partial charge < -0.3 is 4.90 Å². The Bertz CT molecular complexity index is 144. The topological polar surface area (TPSA) is 3.24 Å². The molecule has 0 aliphatic carbocycles. The molecule has 0 aromatic rings. The first-order chi connectivity index (χ1) is 6.79. The summed E-state index contributed by atoms with van der Waals surface area (Å²) in [5, 5.41) is 0. The number of piperidine rings is 1. The number of nitrogens with zero attached hydrogens (tertiary/aromatic N) is 1. The smallest absolute Gasteiger partial charge is 0.0120 e. The second-order valence-corrected chi connectivity index (χ2v) is 4.85. The molecule has 0 N–H and O–H groups in total. The maximum Gasteiger partial charge on any atom is 0.0120 e. The Kier molecular flexibility index (Phi) is 5.54. The lowest BCUT2D eigenvalue weighted by molar-refractivity contribution is 0.119. The average Bonchev–Trinajstić information content (AvgIpc) is 2.21. The third-order valence-electron chi connectivity index (χ3n) is 3.82. The molecule has 0 aromatic carbocycles. The molecule has 0 radical (unpaired) electrons. The van der Waals surface area contributed by atoms with Crippen molar-refractivity contribution in [3.63, 3.8) is 0 Å². The van der Waals surface area contributed by atoms with Gasteiger partial charge in [0.2, 0.25) is 0 Å². The molecule has 0 amide bonds. The van der Waals surface area contributed by atoms with Gasteiger partial charge in [-0.1, -0.05) is 39.5 Å². The van der Waals surface area contributed by atoms with Crippen LogP contribution in [0.1, 0.15) is 58.8 Å². The molecule has 0 saturated carbocycles. The molecular weight excluding hydrogens is 170 g/mol. The van der Waals surface area contributed by atoms with Crippen molar-refractivity contribution in [2.24, 2.45) is 5.92 Å². The van der Waals surface area contributed by atoms with E-state index in [1.807, 2.05) is 0 Å². The summed E-state index contributed by atoms with van der Waals surface area (Å²) >= 11 is 0. The second kappa shape index (κ2) is 6.44. The highest BCUT2D eigenvalue weighted by Gasteiger charge is 2.25. The van der Waals surface area contributed by atoms with Crippen LogP contribution in [0.5, 0.6) is 0 Å². The molecule has 2 unspecified atom stereocenters. The van der Waals surface area contributed by atoms with Crippen molar-refractivity contribution < 1.29 is 0 Å². The summed E-state index contributed by atoms with van der Waals surface area (Å²) in [5.41, 5.74) is 0. The Hall–Kier alpha value is -0.0400. The SMILES string of the molecule is CCCCC(CC)C1CCCCN1C. The molecular formula is C13H27N. The lowest BCUT2D eigenvalue weighted by Gasteiger charge is -2.38. The molecule has 0 aromatic heterocycles. The van der Waals surface area contributed by atoms with Gasteiger partial charge >= 0.3 is 0 Å². The van der Waals surface area contributed by atoms with Crippen molar-refractivity contribution in [2.45, 2.75) is 64.8 Å². The summed E-state index contributed by atoms with van der Waals surface area (Å²) in [4.78, 5) is 2.60. The molecule has 84 valence electrons. The van der Waals surface area contributed by atoms with Gasteiger partial charge in [0.15, 0.2) is 0 Å². The number of rotatable bonds is 5. The van der Waals surface area contributed by atoms with Crippen LogP contribution in [0.15, 0.2) is 0 Å². The molecule has 14 heavy (non-hydrogen) atoms. The minimum absolute atomic E-state index is 0.889. The van der Waals surface area contributed by atoms with E-state index in [0.29, 0.717) is 0 Å². The summed E-state index contributed by atoms with van der Waals surface area (Å²) in [6, 6.07) is 0.889. The van der Waals surface area contributed by atoms with Crippen molar-refractivity contribution >= 4 is 0 Å². The van der Waals surface area contributed by atoms with Crippen molar-refractivity contribution in [3.05, 3.63) is 0 Å². The van der Waals surface area contributed by atoms with Crippen LogP contribution in [0.2, 0.25) is 0 Å². The summed E-state index contributed by atoms with van der Waals surface area (Å²) in [5.74, 6) is 0.959. The van der Waals surface area contributed by atoms with Gasteiger partial charge in [-0.2, -0.15) is 0 Å². The maximum atomic E-state index is 2.60. The standard InChI is InChI=1S/C13H27N/c1-4-6-9-12(5-2)13-10-7-8-11-14(13)3/h12-13H,4-11H2,1-3H3. The van der Waals surface area contributed by atoms with E-state index in [1.165, 1.54) is 51.5 Å². The lowest BCUT2D eigenvalue weighted by atomic mass is 9.85. The van der Waals surface area contributed by atoms with E-state index >= 15 is 0 Å². The quantitative estimate of drug-likeness (QED) is 0.650. The fraction of sp³-hybridized carbons (Fsp3) is 1.00. The molecule has 0 bridgehead atoms. The lowest BCUT2D eigenvalue weighted by Crippen LogP contribution is -2.41. The number of unbranched alkanes of at least 4 members (excludes halogenated alkanes) is 1. The Labute approximate surface area is 89.9 Å². The van der Waals surface area contributed by atoms with Gasteiger partial charge in [-0.3, -0.25) is 0 Å². The molecule has 1 aliphatic heterocycles. The number of hydrogen-bond donors (Lipinski definition) is 0. The first-order valence-electron chi connectivity index (χ1n) is 6.49. The monoisotopic (exact) mass is 197 g/mol. The van der Waals surface area contributed by atoms with Gasteiger partial charge in [0.05, 0.1) is 0 Å². The minimum atomic E-state index is 0.889. The van der Waals surface area contributed by atoms with Gasteiger partial charge in [-0.15, -0.1) is 0 Å². The van der Waals surface area contributed by atoms with Crippen LogP contribution in [-0.4, -0.2) is 24.5 Å². The van der Waals surface area contributed by atoms with Crippen molar-refractivity contribution in [3.8, 4) is 0 Å². The molecule has 1 heteroatoms. The van der Waals surface area contributed by atoms with E-state index in [1.54, 1.807) is 0 Å². The van der Waals surface area contributed by atoms with Crippen molar-refractivity contribution in [1.29, 1.82) is 0 Å². The highest BCUT2D eigenvalue weighted by atomic mass is 15.1. The van der Waals surface area contributed by atoms with Gasteiger partial charge in [0, 0.05) is 6.04 Å². The largest absolute Gasteiger partial charge is 0.303 e. The molecule has 1 nitrogen and oxygen atoms in total. The fourth-order valence-electron chi connectivity index (χ4n) is 2.83. The van der Waals surface area contributed by atoms with Crippen LogP contribution >= 0.6 is 0 Å². The van der Waals surface area contributed by atoms with E-state index in [-0.39, 0.29) is 0 Å². The number of likely N-dealkylation sites (tertiary alicyclic amines) is 1. The zero-order chi connectivity index (χ0) is 10.4. The molecule has 2 atom stereocenters. The van der Waals surface area contributed by atoms with E-state index in [9.17, 15) is 0 Å². The average molecular weight is 197 g/mol. The van der Waals surface area contributed by atoms with E-state index < -0.39 is 0 Å². The molecule has 0 spiro atoms. The minimum Gasteiger partial charge on any atom is -0.303 e. The first-order valence-corrected chi connectivity index (χ1v) is 6.49. The van der Waals surface area contributed by atoms with E-state index in [0.717, 1.165) is 12.0 Å². The van der Waals surface area contributed by atoms with Crippen LogP contribution in [0, 0.1) is 5.92 Å². The predicted octanol–water partition coefficient (Wildman–Crippen LogP) is 3.69. The Morgan fingerprint density at radius 1 is 1.29 bits per heavy atom. The molecule has 1 saturated heterocycles. The third kappa shape index (κ3) is 3.27. The van der Waals surface area contributed by atoms with Crippen LogP contribution in [0.25, 0.3) is 0 Å². The van der Waals surface area contributed by atoms with Crippen LogP contribution in [-0.2, 0) is 0 Å². The first kappa shape index (κ1) is 12.0. The van der Waals surface area contributed by atoms with Gasteiger partial charge in [-0.25, -0.2) is 0 Å². The summed E-state index contributed by atoms with van der Waals surface area (Å²) < 4.78 is 0. The predicted molar refractivity (Wildman–Crippen MR) is 63.6 cm³/mol. The molecule has 1 aliphatic rings. The highest BCUT2D eigenvalue weighted by molar-refractivity contribution is 4.80. The van der Waals surface area contributed by atoms with Gasteiger partial charge in [-0.05, 0) is 38.8 Å². The molecule has 1 fully saturated rings. The normalized spacial score (nSPS) is 26.4. The maximum absolute atomic E-state index is 2.60. The Balaban J connectivity index is 2.40. The number of hydrogen-bond acceptors (Lipinski definition) is 1. The Morgan fingerprint density at radius 3 is 2.64 bits per heavy atom. The van der Waals surface area contributed by atoms with Gasteiger partial charge in [0.1, 0.15) is 0 Å². The summed E-state index contributed by atoms with van der Waals surface area (Å²) in [6.07, 6.45) is 9.90. The molecule has 1 heterocycles. The second-order valence-electron chi connectivity index (χ2n) is 4.85. The van der Waals surface area contributed by atoms with E-state index in [2.05, 4.69) is 25.8 Å². The van der Waals surface area contributed by atoms with Crippen molar-refractivity contribution in [1.82, 2.24) is 4.90 Å². The zero-order valence-corrected chi connectivity index (χ0v) is 10.3. The summed E-state index contributed by atoms with van der Waals surface area (Å²) in [7, 11) is 2.32. The zero-order valence-electron chi connectivity index (χ0n) is 10.3. The van der Waals surface area contributed by atoms with Crippen LogP contribution in [0.4, 0.5) is 0 Å². The summed E-state index contributed by atoms with van der Waals surface area (Å²) in [6.45, 7) is 5.99. The van der Waals surface area contributed by atoms with Crippen LogP contribution in [0.3, 0.4) is 0 Å². The van der Waals surface area contributed by atoms with Crippen molar-refractivity contribution in [2.75, 3.05) is 13.6 Å². The van der Waals surface area contributed by atoms with Crippen LogP contribution < -0.4 is 0 Å². The third-order valence-corrected chi connectivity index (χ3v) is 3.82. The molecule has 1 rings (SSSR count). The Morgan fingerprint density at radius 2 is 2.07 bits per heavy atom.